The summed E-state index contributed by atoms with van der Waals surface area (Å²) < 4.78 is 0. The second-order valence-corrected chi connectivity index (χ2v) is 7.31. The fourth-order valence-corrected chi connectivity index (χ4v) is 4.60. The van der Waals surface area contributed by atoms with Crippen LogP contribution in [0, 0.1) is 0 Å². The highest BCUT2D eigenvalue weighted by atomic mass is 16.2. The van der Waals surface area contributed by atoms with Gasteiger partial charge in [-0.15, -0.1) is 0 Å². The second kappa shape index (κ2) is 5.40. The molecule has 0 saturated carbocycles. The van der Waals surface area contributed by atoms with Crippen LogP contribution in [0.25, 0.3) is 43.1 Å². The van der Waals surface area contributed by atoms with Gasteiger partial charge in [0.2, 0.25) is 0 Å². The van der Waals surface area contributed by atoms with Crippen molar-refractivity contribution in [2.24, 2.45) is 0 Å². The zero-order chi connectivity index (χ0) is 18.8. The van der Waals surface area contributed by atoms with Crippen molar-refractivity contribution < 1.29 is 9.59 Å². The minimum atomic E-state index is -0.249. The maximum absolute atomic E-state index is 12.0. The lowest BCUT2D eigenvalue weighted by Gasteiger charge is -2.19. The Morgan fingerprint density at radius 3 is 1.79 bits per heavy atom. The van der Waals surface area contributed by atoms with Gasteiger partial charge in [-0.05, 0) is 48.7 Å². The predicted octanol–water partition coefficient (Wildman–Crippen LogP) is 5.16. The number of benzene rings is 5. The van der Waals surface area contributed by atoms with Crippen molar-refractivity contribution in [3.05, 3.63) is 84.4 Å². The lowest BCUT2D eigenvalue weighted by Crippen LogP contribution is -2.29. The highest BCUT2D eigenvalue weighted by Gasteiger charge is 2.24. The number of hydrogen-bond donors (Lipinski definition) is 0. The molecule has 5 aromatic carbocycles. The molecule has 1 aliphatic heterocycles. The Labute approximate surface area is 160 Å². The zero-order valence-electron chi connectivity index (χ0n) is 15.0. The maximum Gasteiger partial charge on any atom is 0.253 e. The molecule has 0 bridgehead atoms. The number of amides is 2. The van der Waals surface area contributed by atoms with E-state index in [0.29, 0.717) is 0 Å². The Bertz CT molecular complexity index is 1410. The zero-order valence-corrected chi connectivity index (χ0v) is 15.0. The largest absolute Gasteiger partial charge is 0.271 e. The highest BCUT2D eigenvalue weighted by molar-refractivity contribution is 6.33. The van der Waals surface area contributed by atoms with E-state index in [4.69, 9.17) is 0 Å². The third-order valence-corrected chi connectivity index (χ3v) is 5.84. The van der Waals surface area contributed by atoms with Gasteiger partial charge in [0.1, 0.15) is 0 Å². The van der Waals surface area contributed by atoms with Crippen LogP contribution in [0.15, 0.2) is 78.9 Å². The minimum Gasteiger partial charge on any atom is -0.271 e. The first kappa shape index (κ1) is 15.3. The standard InChI is InChI=1S/C25H15NO2/c27-22-12-13-23(28)26(22)14-16-10-11-21-19-8-2-5-15-4-1-7-18(24(15)19)20-9-3-6-17(16)25(20)21/h1-13H,14H2. The molecule has 0 aliphatic carbocycles. The van der Waals surface area contributed by atoms with Crippen LogP contribution in [-0.2, 0) is 16.1 Å². The van der Waals surface area contributed by atoms with Crippen molar-refractivity contribution in [1.82, 2.24) is 4.90 Å². The lowest BCUT2D eigenvalue weighted by molar-refractivity contribution is -0.137. The SMILES string of the molecule is O=C1C=CC(=O)N1Cc1ccc2c3cccc4cccc(c5cccc1c52)c43. The molecule has 1 aliphatic rings. The highest BCUT2D eigenvalue weighted by Crippen LogP contribution is 2.41. The monoisotopic (exact) mass is 361 g/mol. The number of hydrogen-bond acceptors (Lipinski definition) is 2. The molecule has 0 spiro atoms. The summed E-state index contributed by atoms with van der Waals surface area (Å²) in [6.07, 6.45) is 2.68. The Kier molecular flexibility index (Phi) is 2.96. The van der Waals surface area contributed by atoms with E-state index in [0.717, 1.165) is 10.9 Å². The molecular weight excluding hydrogens is 346 g/mol. The Morgan fingerprint density at radius 2 is 1.11 bits per heavy atom. The fourth-order valence-electron chi connectivity index (χ4n) is 4.60. The third kappa shape index (κ3) is 1.93. The molecule has 3 nitrogen and oxygen atoms in total. The Hall–Kier alpha value is -3.72. The summed E-state index contributed by atoms with van der Waals surface area (Å²) in [6.45, 7) is 0.288. The summed E-state index contributed by atoms with van der Waals surface area (Å²) in [6, 6.07) is 23.3. The molecule has 0 unspecified atom stereocenters. The quantitative estimate of drug-likeness (QED) is 0.247. The van der Waals surface area contributed by atoms with E-state index in [9.17, 15) is 9.59 Å². The first-order valence-corrected chi connectivity index (χ1v) is 9.33. The molecule has 0 saturated heterocycles. The van der Waals surface area contributed by atoms with Crippen LogP contribution in [0.4, 0.5) is 0 Å². The van der Waals surface area contributed by atoms with Crippen LogP contribution < -0.4 is 0 Å². The second-order valence-electron chi connectivity index (χ2n) is 7.31. The lowest BCUT2D eigenvalue weighted by atomic mass is 9.88. The van der Waals surface area contributed by atoms with Gasteiger partial charge < -0.3 is 0 Å². The van der Waals surface area contributed by atoms with E-state index in [-0.39, 0.29) is 18.4 Å². The predicted molar refractivity (Wildman–Crippen MR) is 112 cm³/mol. The van der Waals surface area contributed by atoms with Gasteiger partial charge in [0.05, 0.1) is 6.54 Å². The molecule has 28 heavy (non-hydrogen) atoms. The summed E-state index contributed by atoms with van der Waals surface area (Å²) in [4.78, 5) is 25.4. The van der Waals surface area contributed by atoms with Gasteiger partial charge in [0, 0.05) is 12.2 Å². The van der Waals surface area contributed by atoms with Crippen molar-refractivity contribution in [2.75, 3.05) is 0 Å². The number of rotatable bonds is 2. The summed E-state index contributed by atoms with van der Waals surface area (Å²) in [5.41, 5.74) is 0.984. The topological polar surface area (TPSA) is 37.4 Å². The molecule has 0 atom stereocenters. The van der Waals surface area contributed by atoms with Crippen molar-refractivity contribution in [2.45, 2.75) is 6.54 Å². The van der Waals surface area contributed by atoms with Gasteiger partial charge in [0.25, 0.3) is 11.8 Å². The van der Waals surface area contributed by atoms with Crippen molar-refractivity contribution in [3.8, 4) is 0 Å². The first-order valence-electron chi connectivity index (χ1n) is 9.33. The van der Waals surface area contributed by atoms with Gasteiger partial charge in [-0.2, -0.15) is 0 Å². The average molecular weight is 361 g/mol. The summed E-state index contributed by atoms with van der Waals surface area (Å²) in [5.74, 6) is -0.499. The molecule has 0 radical (unpaired) electrons. The smallest absolute Gasteiger partial charge is 0.253 e. The maximum atomic E-state index is 12.0. The van der Waals surface area contributed by atoms with E-state index < -0.39 is 0 Å². The van der Waals surface area contributed by atoms with Crippen LogP contribution >= 0.6 is 0 Å². The third-order valence-electron chi connectivity index (χ3n) is 5.84. The van der Waals surface area contributed by atoms with E-state index in [1.807, 2.05) is 6.07 Å². The molecule has 0 fully saturated rings. The summed E-state index contributed by atoms with van der Waals surface area (Å²) >= 11 is 0. The normalized spacial score (nSPS) is 14.5. The van der Waals surface area contributed by atoms with Crippen molar-refractivity contribution >= 4 is 54.9 Å². The molecular formula is C25H15NO2. The number of imide groups is 1. The number of nitrogens with zero attached hydrogens (tertiary/aromatic N) is 1. The summed E-state index contributed by atoms with van der Waals surface area (Å²) in [5, 5.41) is 9.68. The van der Waals surface area contributed by atoms with Crippen molar-refractivity contribution in [3.63, 3.8) is 0 Å². The molecule has 5 aromatic rings. The van der Waals surface area contributed by atoms with Gasteiger partial charge in [-0.3, -0.25) is 14.5 Å². The average Bonchev–Trinajstić information content (AvgIpc) is 3.04. The fraction of sp³-hybridized carbons (Fsp3) is 0.0400. The van der Waals surface area contributed by atoms with Gasteiger partial charge >= 0.3 is 0 Å². The molecule has 1 heterocycles. The van der Waals surface area contributed by atoms with Gasteiger partial charge in [0.15, 0.2) is 0 Å². The van der Waals surface area contributed by atoms with Gasteiger partial charge in [-0.25, -0.2) is 0 Å². The van der Waals surface area contributed by atoms with Crippen LogP contribution in [0.2, 0.25) is 0 Å². The Morgan fingerprint density at radius 1 is 0.571 bits per heavy atom. The molecule has 2 amide bonds. The molecule has 132 valence electrons. The van der Waals surface area contributed by atoms with Crippen LogP contribution in [0.5, 0.6) is 0 Å². The van der Waals surface area contributed by atoms with Crippen LogP contribution in [0.1, 0.15) is 5.56 Å². The molecule has 3 heteroatoms. The van der Waals surface area contributed by atoms with E-state index in [1.54, 1.807) is 0 Å². The first-order chi connectivity index (χ1) is 13.7. The Balaban J connectivity index is 1.71. The molecule has 6 rings (SSSR count). The number of fused-ring (bicyclic) bond motifs is 2. The van der Waals surface area contributed by atoms with E-state index >= 15 is 0 Å². The van der Waals surface area contributed by atoms with Gasteiger partial charge in [-0.1, -0.05) is 66.7 Å². The minimum absolute atomic E-state index is 0.249. The van der Waals surface area contributed by atoms with Crippen LogP contribution in [-0.4, -0.2) is 16.7 Å². The summed E-state index contributed by atoms with van der Waals surface area (Å²) in [7, 11) is 0. The van der Waals surface area contributed by atoms with E-state index in [2.05, 4.69) is 60.7 Å². The molecule has 0 N–H and O–H groups in total. The van der Waals surface area contributed by atoms with Crippen molar-refractivity contribution in [1.29, 1.82) is 0 Å². The molecule has 0 aromatic heterocycles. The number of carbonyl (C=O) groups excluding carboxylic acids is 2. The van der Waals surface area contributed by atoms with Crippen LogP contribution in [0.3, 0.4) is 0 Å². The number of carbonyl (C=O) groups is 2. The van der Waals surface area contributed by atoms with E-state index in [1.165, 1.54) is 54.8 Å².